The first-order chi connectivity index (χ1) is 9.04. The maximum Gasteiger partial charge on any atom is 0.337 e. The van der Waals surface area contributed by atoms with Gasteiger partial charge in [0, 0.05) is 13.0 Å². The second-order valence-corrected chi connectivity index (χ2v) is 4.04. The van der Waals surface area contributed by atoms with E-state index in [2.05, 4.69) is 16.6 Å². The second-order valence-electron chi connectivity index (χ2n) is 4.04. The third-order valence-electron chi connectivity index (χ3n) is 2.44. The van der Waals surface area contributed by atoms with Crippen LogP contribution >= 0.6 is 0 Å². The van der Waals surface area contributed by atoms with Gasteiger partial charge in [-0.2, -0.15) is 0 Å². The molecule has 0 radical (unpaired) electrons. The fourth-order valence-corrected chi connectivity index (χ4v) is 1.50. The lowest BCUT2D eigenvalue weighted by atomic mass is 10.1. The van der Waals surface area contributed by atoms with E-state index < -0.39 is 12.0 Å². The zero-order chi connectivity index (χ0) is 14.3. The van der Waals surface area contributed by atoms with E-state index in [0.717, 1.165) is 5.56 Å². The highest BCUT2D eigenvalue weighted by atomic mass is 16.4. The lowest BCUT2D eigenvalue weighted by Gasteiger charge is -2.10. The number of urea groups is 1. The minimum Gasteiger partial charge on any atom is -0.478 e. The van der Waals surface area contributed by atoms with Crippen molar-refractivity contribution in [1.29, 1.82) is 0 Å². The number of carbonyl (C=O) groups excluding carboxylic acids is 1. The molecule has 0 aromatic heterocycles. The average Bonchev–Trinajstić information content (AvgIpc) is 2.36. The number of hydrogen-bond donors (Lipinski definition) is 3. The zero-order valence-corrected chi connectivity index (χ0v) is 10.7. The molecular formula is C14H16N2O3. The fraction of sp³-hybridized carbons (Fsp3) is 0.286. The van der Waals surface area contributed by atoms with Gasteiger partial charge in [-0.1, -0.05) is 11.6 Å². The number of aromatic carboxylic acids is 1. The molecule has 0 saturated carbocycles. The van der Waals surface area contributed by atoms with Gasteiger partial charge in [0.15, 0.2) is 0 Å². The number of hydrogen-bond acceptors (Lipinski definition) is 2. The lowest BCUT2D eigenvalue weighted by molar-refractivity contribution is 0.0698. The molecule has 0 bridgehead atoms. The highest BCUT2D eigenvalue weighted by Gasteiger charge is 2.12. The summed E-state index contributed by atoms with van der Waals surface area (Å²) < 4.78 is 0. The van der Waals surface area contributed by atoms with E-state index >= 15 is 0 Å². The Morgan fingerprint density at radius 1 is 1.42 bits per heavy atom. The van der Waals surface area contributed by atoms with E-state index in [9.17, 15) is 9.59 Å². The van der Waals surface area contributed by atoms with Crippen LogP contribution in [0.5, 0.6) is 0 Å². The number of anilines is 1. The molecule has 0 aliphatic carbocycles. The molecular weight excluding hydrogens is 244 g/mol. The van der Waals surface area contributed by atoms with Crippen molar-refractivity contribution in [1.82, 2.24) is 5.32 Å². The maximum atomic E-state index is 11.6. The number of carbonyl (C=O) groups is 2. The van der Waals surface area contributed by atoms with Crippen LogP contribution < -0.4 is 10.6 Å². The van der Waals surface area contributed by atoms with Gasteiger partial charge >= 0.3 is 12.0 Å². The predicted molar refractivity (Wildman–Crippen MR) is 73.2 cm³/mol. The minimum absolute atomic E-state index is 0.0683. The van der Waals surface area contributed by atoms with Crippen molar-refractivity contribution in [2.45, 2.75) is 19.8 Å². The number of carboxylic acids is 1. The Balaban J connectivity index is 2.64. The van der Waals surface area contributed by atoms with Gasteiger partial charge < -0.3 is 15.7 Å². The smallest absolute Gasteiger partial charge is 0.337 e. The normalized spacial score (nSPS) is 9.47. The van der Waals surface area contributed by atoms with Crippen molar-refractivity contribution in [3.05, 3.63) is 29.3 Å². The predicted octanol–water partition coefficient (Wildman–Crippen LogP) is 2.23. The molecule has 1 rings (SSSR count). The monoisotopic (exact) mass is 260 g/mol. The summed E-state index contributed by atoms with van der Waals surface area (Å²) in [5.41, 5.74) is 1.16. The number of rotatable bonds is 5. The van der Waals surface area contributed by atoms with Gasteiger partial charge in [-0.05, 0) is 25.5 Å². The fourth-order valence-electron chi connectivity index (χ4n) is 1.50. The van der Waals surface area contributed by atoms with Crippen molar-refractivity contribution in [3.63, 3.8) is 0 Å². The van der Waals surface area contributed by atoms with Gasteiger partial charge in [-0.3, -0.25) is 0 Å². The van der Waals surface area contributed by atoms with Crippen LogP contribution in [-0.2, 0) is 0 Å². The SMILES string of the molecule is C#CCCCNC(=O)Nc1ccc(C)cc1C(=O)O. The summed E-state index contributed by atoms with van der Waals surface area (Å²) in [7, 11) is 0. The summed E-state index contributed by atoms with van der Waals surface area (Å²) in [5.74, 6) is 1.39. The van der Waals surface area contributed by atoms with Crippen molar-refractivity contribution in [2.24, 2.45) is 0 Å². The average molecular weight is 260 g/mol. The van der Waals surface area contributed by atoms with Crippen LogP contribution in [0, 0.1) is 19.3 Å². The summed E-state index contributed by atoms with van der Waals surface area (Å²) in [5, 5.41) is 14.2. The second kappa shape index (κ2) is 7.07. The molecule has 1 aromatic rings. The Bertz CT molecular complexity index is 518. The van der Waals surface area contributed by atoms with Gasteiger partial charge in [-0.15, -0.1) is 12.3 Å². The van der Waals surface area contributed by atoms with Crippen LogP contribution in [0.3, 0.4) is 0 Å². The molecule has 5 heteroatoms. The summed E-state index contributed by atoms with van der Waals surface area (Å²) in [6, 6.07) is 4.37. The van der Waals surface area contributed by atoms with Crippen LogP contribution in [0.25, 0.3) is 0 Å². The Morgan fingerprint density at radius 2 is 2.16 bits per heavy atom. The van der Waals surface area contributed by atoms with E-state index in [1.165, 1.54) is 6.07 Å². The van der Waals surface area contributed by atoms with E-state index in [-0.39, 0.29) is 11.3 Å². The molecule has 19 heavy (non-hydrogen) atoms. The van der Waals surface area contributed by atoms with Gasteiger partial charge in [-0.25, -0.2) is 9.59 Å². The summed E-state index contributed by atoms with van der Waals surface area (Å²) in [4.78, 5) is 22.6. The molecule has 2 amide bonds. The Hall–Kier alpha value is -2.48. The Morgan fingerprint density at radius 3 is 2.79 bits per heavy atom. The van der Waals surface area contributed by atoms with Crippen LogP contribution in [0.15, 0.2) is 18.2 Å². The molecule has 0 aliphatic rings. The molecule has 3 N–H and O–H groups in total. The van der Waals surface area contributed by atoms with E-state index in [0.29, 0.717) is 19.4 Å². The number of amides is 2. The Labute approximate surface area is 112 Å². The molecule has 0 atom stereocenters. The number of terminal acetylenes is 1. The van der Waals surface area contributed by atoms with Crippen molar-refractivity contribution in [3.8, 4) is 12.3 Å². The van der Waals surface area contributed by atoms with Crippen LogP contribution in [-0.4, -0.2) is 23.7 Å². The third-order valence-corrected chi connectivity index (χ3v) is 2.44. The third kappa shape index (κ3) is 4.72. The quantitative estimate of drug-likeness (QED) is 0.561. The molecule has 0 unspecified atom stereocenters. The first-order valence-corrected chi connectivity index (χ1v) is 5.87. The lowest BCUT2D eigenvalue weighted by Crippen LogP contribution is -2.30. The van der Waals surface area contributed by atoms with E-state index in [1.807, 2.05) is 0 Å². The molecule has 0 heterocycles. The molecule has 0 aliphatic heterocycles. The molecule has 0 fully saturated rings. The number of carboxylic acid groups (broad SMARTS) is 1. The summed E-state index contributed by atoms with van der Waals surface area (Å²) >= 11 is 0. The first kappa shape index (κ1) is 14.6. The topological polar surface area (TPSA) is 78.4 Å². The Kier molecular flexibility index (Phi) is 5.42. The largest absolute Gasteiger partial charge is 0.478 e. The van der Waals surface area contributed by atoms with Crippen molar-refractivity contribution >= 4 is 17.7 Å². The number of unbranched alkanes of at least 4 members (excludes halogenated alkanes) is 1. The van der Waals surface area contributed by atoms with Crippen LogP contribution in [0.1, 0.15) is 28.8 Å². The van der Waals surface area contributed by atoms with Crippen LogP contribution in [0.2, 0.25) is 0 Å². The van der Waals surface area contributed by atoms with Gasteiger partial charge in [0.2, 0.25) is 0 Å². The first-order valence-electron chi connectivity index (χ1n) is 5.87. The van der Waals surface area contributed by atoms with Crippen molar-refractivity contribution < 1.29 is 14.7 Å². The molecule has 1 aromatic carbocycles. The highest BCUT2D eigenvalue weighted by Crippen LogP contribution is 2.17. The summed E-state index contributed by atoms with van der Waals surface area (Å²) in [6.07, 6.45) is 6.37. The molecule has 5 nitrogen and oxygen atoms in total. The number of aryl methyl sites for hydroxylation is 1. The van der Waals surface area contributed by atoms with Gasteiger partial charge in [0.05, 0.1) is 11.3 Å². The van der Waals surface area contributed by atoms with E-state index in [4.69, 9.17) is 11.5 Å². The molecule has 0 spiro atoms. The summed E-state index contributed by atoms with van der Waals surface area (Å²) in [6.45, 7) is 2.24. The molecule has 100 valence electrons. The standard InChI is InChI=1S/C14H16N2O3/c1-3-4-5-8-15-14(19)16-12-7-6-10(2)9-11(12)13(17)18/h1,6-7,9H,4-5,8H2,2H3,(H,17,18)(H2,15,16,19). The van der Waals surface area contributed by atoms with Gasteiger partial charge in [0.1, 0.15) is 0 Å². The highest BCUT2D eigenvalue weighted by molar-refractivity contribution is 6.00. The molecule has 0 saturated heterocycles. The maximum absolute atomic E-state index is 11.6. The van der Waals surface area contributed by atoms with Crippen LogP contribution in [0.4, 0.5) is 10.5 Å². The van der Waals surface area contributed by atoms with Crippen molar-refractivity contribution in [2.75, 3.05) is 11.9 Å². The number of nitrogens with one attached hydrogen (secondary N) is 2. The zero-order valence-electron chi connectivity index (χ0n) is 10.7. The minimum atomic E-state index is -1.08. The number of benzene rings is 1. The van der Waals surface area contributed by atoms with Gasteiger partial charge in [0.25, 0.3) is 0 Å². The van der Waals surface area contributed by atoms with E-state index in [1.54, 1.807) is 19.1 Å².